The fourth-order valence-corrected chi connectivity index (χ4v) is 5.07. The van der Waals surface area contributed by atoms with Gasteiger partial charge in [0.05, 0.1) is 13.2 Å². The maximum atomic E-state index is 13.1. The van der Waals surface area contributed by atoms with Gasteiger partial charge in [0.15, 0.2) is 0 Å². The van der Waals surface area contributed by atoms with E-state index in [-0.39, 0.29) is 11.8 Å². The number of amides is 2. The molecule has 2 aromatic rings. The number of morpholine rings is 1. The number of piperidine rings is 1. The van der Waals surface area contributed by atoms with Crippen LogP contribution in [0.3, 0.4) is 0 Å². The lowest BCUT2D eigenvalue weighted by Gasteiger charge is -2.36. The van der Waals surface area contributed by atoms with Gasteiger partial charge in [0.2, 0.25) is 5.91 Å². The predicted octanol–water partition coefficient (Wildman–Crippen LogP) is 2.23. The van der Waals surface area contributed by atoms with Crippen LogP contribution in [0.25, 0.3) is 10.9 Å². The molecule has 0 aliphatic carbocycles. The highest BCUT2D eigenvalue weighted by Gasteiger charge is 2.32. The van der Waals surface area contributed by atoms with Crippen molar-refractivity contribution < 1.29 is 14.3 Å². The Morgan fingerprint density at radius 1 is 1.10 bits per heavy atom. The average molecular weight is 411 g/mol. The summed E-state index contributed by atoms with van der Waals surface area (Å²) in [5.41, 5.74) is 3.02. The van der Waals surface area contributed by atoms with E-state index in [1.54, 1.807) is 0 Å². The number of aromatic nitrogens is 1. The third-order valence-electron chi connectivity index (χ3n) is 6.81. The molecule has 30 heavy (non-hydrogen) atoms. The lowest BCUT2D eigenvalue weighted by Crippen LogP contribution is -2.47. The van der Waals surface area contributed by atoms with E-state index in [0.29, 0.717) is 12.5 Å². The van der Waals surface area contributed by atoms with Gasteiger partial charge in [-0.15, -0.1) is 0 Å². The zero-order valence-corrected chi connectivity index (χ0v) is 17.4. The van der Waals surface area contributed by atoms with Crippen LogP contribution in [0, 0.1) is 0 Å². The summed E-state index contributed by atoms with van der Waals surface area (Å²) in [4.78, 5) is 34.8. The molecule has 1 aromatic carbocycles. The normalized spacial score (nSPS) is 21.7. The highest BCUT2D eigenvalue weighted by atomic mass is 16.5. The number of ether oxygens (including phenoxy) is 1. The van der Waals surface area contributed by atoms with E-state index in [9.17, 15) is 9.59 Å². The third-order valence-corrected chi connectivity index (χ3v) is 6.81. The van der Waals surface area contributed by atoms with Crippen LogP contribution in [0.1, 0.15) is 41.6 Å². The molecule has 0 unspecified atom stereocenters. The van der Waals surface area contributed by atoms with Crippen LogP contribution < -0.4 is 0 Å². The van der Waals surface area contributed by atoms with E-state index < -0.39 is 0 Å². The molecule has 3 aliphatic rings. The van der Waals surface area contributed by atoms with Crippen molar-refractivity contribution in [3.05, 3.63) is 35.5 Å². The van der Waals surface area contributed by atoms with Crippen molar-refractivity contribution in [3.63, 3.8) is 0 Å². The van der Waals surface area contributed by atoms with Gasteiger partial charge in [-0.1, -0.05) is 6.07 Å². The number of H-pyrrole nitrogens is 1. The minimum atomic E-state index is 0.0902. The second-order valence-electron chi connectivity index (χ2n) is 8.68. The maximum Gasteiger partial charge on any atom is 0.253 e. The highest BCUT2D eigenvalue weighted by Crippen LogP contribution is 2.25. The van der Waals surface area contributed by atoms with Crippen molar-refractivity contribution in [3.8, 4) is 0 Å². The Kier molecular flexibility index (Phi) is 5.48. The number of nitrogens with zero attached hydrogens (tertiary/aromatic N) is 3. The van der Waals surface area contributed by atoms with Gasteiger partial charge in [0.25, 0.3) is 5.91 Å². The molecular formula is C23H30N4O3. The Morgan fingerprint density at radius 2 is 1.90 bits per heavy atom. The number of hydrogen-bond acceptors (Lipinski definition) is 4. The summed E-state index contributed by atoms with van der Waals surface area (Å²) in [6.45, 7) is 6.74. The topological polar surface area (TPSA) is 68.9 Å². The Balaban J connectivity index is 1.23. The van der Waals surface area contributed by atoms with Crippen molar-refractivity contribution in [2.24, 2.45) is 0 Å². The molecule has 0 bridgehead atoms. The summed E-state index contributed by atoms with van der Waals surface area (Å²) in [5.74, 6) is 0.372. The average Bonchev–Trinajstić information content (AvgIpc) is 3.40. The lowest BCUT2D eigenvalue weighted by molar-refractivity contribution is -0.130. The minimum Gasteiger partial charge on any atom is -0.379 e. The van der Waals surface area contributed by atoms with Gasteiger partial charge in [-0.25, -0.2) is 0 Å². The summed E-state index contributed by atoms with van der Waals surface area (Å²) in [6, 6.07) is 6.32. The summed E-state index contributed by atoms with van der Waals surface area (Å²) in [5, 5.41) is 1.18. The number of hydrogen-bond donors (Lipinski definition) is 1. The summed E-state index contributed by atoms with van der Waals surface area (Å²) in [7, 11) is 0. The first-order chi connectivity index (χ1) is 14.7. The van der Waals surface area contributed by atoms with Gasteiger partial charge in [-0.05, 0) is 37.0 Å². The SMILES string of the molecule is O=C(c1ccc2c(CN3CCOCC3)c[nH]c2c1)N1CCC(N2CCCC2=O)CC1. The van der Waals surface area contributed by atoms with Gasteiger partial charge in [-0.3, -0.25) is 14.5 Å². The number of aromatic amines is 1. The lowest BCUT2D eigenvalue weighted by atomic mass is 10.0. The molecule has 7 heteroatoms. The van der Waals surface area contributed by atoms with E-state index >= 15 is 0 Å². The van der Waals surface area contributed by atoms with Gasteiger partial charge in [-0.2, -0.15) is 0 Å². The van der Waals surface area contributed by atoms with E-state index in [0.717, 1.165) is 82.8 Å². The monoisotopic (exact) mass is 410 g/mol. The van der Waals surface area contributed by atoms with E-state index in [1.165, 1.54) is 10.9 Å². The number of fused-ring (bicyclic) bond motifs is 1. The molecule has 3 fully saturated rings. The van der Waals surface area contributed by atoms with Crippen molar-refractivity contribution in [1.82, 2.24) is 19.7 Å². The molecule has 0 saturated carbocycles. The quantitative estimate of drug-likeness (QED) is 0.839. The first-order valence-corrected chi connectivity index (χ1v) is 11.2. The molecule has 3 aliphatic heterocycles. The minimum absolute atomic E-state index is 0.0902. The molecule has 3 saturated heterocycles. The molecular weight excluding hydrogens is 380 g/mol. The molecule has 0 spiro atoms. The van der Waals surface area contributed by atoms with Crippen molar-refractivity contribution in [1.29, 1.82) is 0 Å². The smallest absolute Gasteiger partial charge is 0.253 e. The van der Waals surface area contributed by atoms with Crippen LogP contribution in [-0.2, 0) is 16.1 Å². The molecule has 0 radical (unpaired) electrons. The molecule has 160 valence electrons. The molecule has 1 N–H and O–H groups in total. The maximum absolute atomic E-state index is 13.1. The van der Waals surface area contributed by atoms with Crippen LogP contribution in [0.4, 0.5) is 0 Å². The highest BCUT2D eigenvalue weighted by molar-refractivity contribution is 5.98. The van der Waals surface area contributed by atoms with Crippen molar-refractivity contribution in [2.75, 3.05) is 45.9 Å². The molecule has 0 atom stereocenters. The van der Waals surface area contributed by atoms with Gasteiger partial charge >= 0.3 is 0 Å². The number of rotatable bonds is 4. The molecule has 2 amide bonds. The first kappa shape index (κ1) is 19.6. The molecule has 7 nitrogen and oxygen atoms in total. The van der Waals surface area contributed by atoms with Crippen molar-refractivity contribution >= 4 is 22.7 Å². The number of carbonyl (C=O) groups excluding carboxylic acids is 2. The van der Waals surface area contributed by atoms with E-state index in [4.69, 9.17) is 4.74 Å². The summed E-state index contributed by atoms with van der Waals surface area (Å²) < 4.78 is 5.44. The van der Waals surface area contributed by atoms with Crippen LogP contribution in [0.15, 0.2) is 24.4 Å². The largest absolute Gasteiger partial charge is 0.379 e. The molecule has 4 heterocycles. The first-order valence-electron chi connectivity index (χ1n) is 11.2. The Morgan fingerprint density at radius 3 is 2.63 bits per heavy atom. The molecule has 5 rings (SSSR count). The Bertz CT molecular complexity index is 926. The Hall–Kier alpha value is -2.38. The van der Waals surface area contributed by atoms with Crippen molar-refractivity contribution in [2.45, 2.75) is 38.3 Å². The third kappa shape index (κ3) is 3.84. The van der Waals surface area contributed by atoms with Crippen LogP contribution in [-0.4, -0.2) is 83.5 Å². The summed E-state index contributed by atoms with van der Waals surface area (Å²) in [6.07, 6.45) is 5.48. The van der Waals surface area contributed by atoms with Gasteiger partial charge in [0.1, 0.15) is 0 Å². The number of benzene rings is 1. The second kappa shape index (κ2) is 8.40. The zero-order valence-electron chi connectivity index (χ0n) is 17.4. The Labute approximate surface area is 176 Å². The van der Waals surface area contributed by atoms with Crippen LogP contribution in [0.2, 0.25) is 0 Å². The summed E-state index contributed by atoms with van der Waals surface area (Å²) >= 11 is 0. The van der Waals surface area contributed by atoms with Crippen LogP contribution in [0.5, 0.6) is 0 Å². The molecule has 1 aromatic heterocycles. The fraction of sp³-hybridized carbons (Fsp3) is 0.565. The zero-order chi connectivity index (χ0) is 20.5. The van der Waals surface area contributed by atoms with E-state index in [1.807, 2.05) is 21.9 Å². The number of likely N-dealkylation sites (tertiary alicyclic amines) is 2. The fourth-order valence-electron chi connectivity index (χ4n) is 5.07. The van der Waals surface area contributed by atoms with Crippen LogP contribution >= 0.6 is 0 Å². The van der Waals surface area contributed by atoms with Gasteiger partial charge in [0, 0.05) is 74.4 Å². The predicted molar refractivity (Wildman–Crippen MR) is 114 cm³/mol. The van der Waals surface area contributed by atoms with Gasteiger partial charge < -0.3 is 19.5 Å². The second-order valence-corrected chi connectivity index (χ2v) is 8.68. The number of nitrogens with one attached hydrogen (secondary N) is 1. The van der Waals surface area contributed by atoms with E-state index in [2.05, 4.69) is 22.1 Å². The standard InChI is InChI=1S/C23H30N4O3/c28-22-2-1-7-27(22)19-5-8-26(9-6-19)23(29)17-3-4-20-18(15-24-21(20)14-17)16-25-10-12-30-13-11-25/h3-4,14-15,19,24H,1-2,5-13,16H2. The number of carbonyl (C=O) groups is 2.